The van der Waals surface area contributed by atoms with Crippen molar-refractivity contribution in [2.24, 2.45) is 11.8 Å². The first-order valence-corrected chi connectivity index (χ1v) is 6.20. The second-order valence-corrected chi connectivity index (χ2v) is 5.05. The summed E-state index contributed by atoms with van der Waals surface area (Å²) in [5.41, 5.74) is 0. The van der Waals surface area contributed by atoms with Crippen LogP contribution in [0.5, 0.6) is 0 Å². The summed E-state index contributed by atoms with van der Waals surface area (Å²) in [6.07, 6.45) is 7.13. The molecule has 5 nitrogen and oxygen atoms in total. The third-order valence-corrected chi connectivity index (χ3v) is 3.25. The van der Waals surface area contributed by atoms with Crippen molar-refractivity contribution in [2.75, 3.05) is 0 Å². The lowest BCUT2D eigenvalue weighted by molar-refractivity contribution is -0.141. The molecule has 1 aliphatic carbocycles. The van der Waals surface area contributed by atoms with Crippen LogP contribution in [-0.2, 0) is 4.79 Å². The van der Waals surface area contributed by atoms with Gasteiger partial charge in [0.25, 0.3) is 0 Å². The Balaban J connectivity index is 2.38. The second-order valence-electron chi connectivity index (χ2n) is 5.05. The molecule has 0 spiro atoms. The molecule has 3 N–H and O–H groups in total. The summed E-state index contributed by atoms with van der Waals surface area (Å²) in [5, 5.41) is 14.3. The largest absolute Gasteiger partial charge is 0.481 e. The summed E-state index contributed by atoms with van der Waals surface area (Å²) in [7, 11) is 0. The molecular formula is C13H20N2O3. The van der Waals surface area contributed by atoms with Crippen LogP contribution in [0.15, 0.2) is 0 Å². The number of hydrogen-bond acceptors (Lipinski definition) is 2. The number of aliphatic carboxylic acids is 1. The molecule has 0 aromatic heterocycles. The van der Waals surface area contributed by atoms with Crippen LogP contribution in [0.2, 0.25) is 0 Å². The van der Waals surface area contributed by atoms with E-state index < -0.39 is 5.97 Å². The average Bonchev–Trinajstić information content (AvgIpc) is 2.74. The number of hydrogen-bond donors (Lipinski definition) is 3. The maximum Gasteiger partial charge on any atom is 0.315 e. The number of carbonyl (C=O) groups excluding carboxylic acids is 1. The highest BCUT2D eigenvalue weighted by atomic mass is 16.4. The number of terminal acetylenes is 1. The van der Waals surface area contributed by atoms with Crippen LogP contribution < -0.4 is 10.6 Å². The molecule has 1 aliphatic rings. The topological polar surface area (TPSA) is 78.4 Å². The molecule has 3 atom stereocenters. The van der Waals surface area contributed by atoms with Gasteiger partial charge < -0.3 is 15.7 Å². The molecule has 1 fully saturated rings. The van der Waals surface area contributed by atoms with Crippen molar-refractivity contribution in [2.45, 2.75) is 45.2 Å². The van der Waals surface area contributed by atoms with Gasteiger partial charge in [0.1, 0.15) is 0 Å². The number of nitrogens with one attached hydrogen (secondary N) is 2. The minimum absolute atomic E-state index is 0.0725. The molecule has 100 valence electrons. The first-order chi connectivity index (χ1) is 8.43. The molecule has 0 aromatic carbocycles. The number of carboxylic acids is 1. The van der Waals surface area contributed by atoms with Gasteiger partial charge in [-0.15, -0.1) is 6.42 Å². The quantitative estimate of drug-likeness (QED) is 0.658. The normalized spacial score (nSPS) is 24.3. The molecule has 0 aliphatic heterocycles. The number of carboxylic acid groups (broad SMARTS) is 1. The predicted octanol–water partition coefficient (Wildman–Crippen LogP) is 1.20. The smallest absolute Gasteiger partial charge is 0.315 e. The highest BCUT2D eigenvalue weighted by molar-refractivity contribution is 5.75. The third-order valence-electron chi connectivity index (χ3n) is 3.25. The van der Waals surface area contributed by atoms with Crippen molar-refractivity contribution in [1.82, 2.24) is 10.6 Å². The minimum Gasteiger partial charge on any atom is -0.481 e. The Morgan fingerprint density at radius 1 is 1.39 bits per heavy atom. The first-order valence-electron chi connectivity index (χ1n) is 6.20. The van der Waals surface area contributed by atoms with Crippen molar-refractivity contribution in [1.29, 1.82) is 0 Å². The molecule has 1 unspecified atom stereocenters. The highest BCUT2D eigenvalue weighted by Gasteiger charge is 2.30. The van der Waals surface area contributed by atoms with E-state index in [9.17, 15) is 9.59 Å². The molecule has 1 rings (SSSR count). The maximum atomic E-state index is 11.7. The summed E-state index contributed by atoms with van der Waals surface area (Å²) < 4.78 is 0. The van der Waals surface area contributed by atoms with Gasteiger partial charge in [0.15, 0.2) is 0 Å². The number of rotatable bonds is 4. The standard InChI is InChI=1S/C13H20N2O3/c1-4-11(8(2)3)15-13(18)14-10-6-5-9(7-10)12(16)17/h1,8-11H,5-7H2,2-3H3,(H,16,17)(H2,14,15,18)/t9-,10+,11?/m1/s1. The average molecular weight is 252 g/mol. The summed E-state index contributed by atoms with van der Waals surface area (Å²) >= 11 is 0. The number of amides is 2. The fourth-order valence-corrected chi connectivity index (χ4v) is 2.11. The molecule has 0 bridgehead atoms. The predicted molar refractivity (Wildman–Crippen MR) is 67.9 cm³/mol. The van der Waals surface area contributed by atoms with E-state index in [1.807, 2.05) is 13.8 Å². The first kappa shape index (κ1) is 14.4. The van der Waals surface area contributed by atoms with Gasteiger partial charge in [-0.3, -0.25) is 4.79 Å². The van der Waals surface area contributed by atoms with E-state index in [1.54, 1.807) is 0 Å². The van der Waals surface area contributed by atoms with Gasteiger partial charge in [0.2, 0.25) is 0 Å². The van der Waals surface area contributed by atoms with Gasteiger partial charge in [-0.25, -0.2) is 4.79 Å². The van der Waals surface area contributed by atoms with Crippen LogP contribution >= 0.6 is 0 Å². The van der Waals surface area contributed by atoms with Gasteiger partial charge in [-0.2, -0.15) is 0 Å². The molecular weight excluding hydrogens is 232 g/mol. The van der Waals surface area contributed by atoms with Crippen molar-refractivity contribution in [3.05, 3.63) is 0 Å². The molecule has 2 amide bonds. The maximum absolute atomic E-state index is 11.7. The van der Waals surface area contributed by atoms with E-state index in [0.717, 1.165) is 0 Å². The molecule has 0 saturated heterocycles. The molecule has 0 aromatic rings. The lowest BCUT2D eigenvalue weighted by atomic mass is 10.1. The Labute approximate surface area is 107 Å². The van der Waals surface area contributed by atoms with E-state index in [4.69, 9.17) is 11.5 Å². The van der Waals surface area contributed by atoms with E-state index >= 15 is 0 Å². The zero-order valence-electron chi connectivity index (χ0n) is 10.8. The summed E-state index contributed by atoms with van der Waals surface area (Å²) in [6, 6.07) is -0.693. The molecule has 5 heteroatoms. The van der Waals surface area contributed by atoms with Crippen LogP contribution in [0.1, 0.15) is 33.1 Å². The van der Waals surface area contributed by atoms with Gasteiger partial charge in [-0.05, 0) is 25.2 Å². The van der Waals surface area contributed by atoms with Crippen LogP contribution in [0, 0.1) is 24.2 Å². The van der Waals surface area contributed by atoms with Crippen LogP contribution in [0.4, 0.5) is 4.79 Å². The zero-order chi connectivity index (χ0) is 13.7. The Kier molecular flexibility index (Phi) is 5.02. The van der Waals surface area contributed by atoms with Crippen molar-refractivity contribution >= 4 is 12.0 Å². The molecule has 0 radical (unpaired) electrons. The third kappa shape index (κ3) is 3.95. The van der Waals surface area contributed by atoms with Crippen molar-refractivity contribution in [3.8, 4) is 12.3 Å². The van der Waals surface area contributed by atoms with E-state index in [2.05, 4.69) is 16.6 Å². The highest BCUT2D eigenvalue weighted by Crippen LogP contribution is 2.25. The Bertz CT molecular complexity index is 360. The van der Waals surface area contributed by atoms with Gasteiger partial charge >= 0.3 is 12.0 Å². The van der Waals surface area contributed by atoms with E-state index in [1.165, 1.54) is 0 Å². The zero-order valence-corrected chi connectivity index (χ0v) is 10.8. The van der Waals surface area contributed by atoms with Crippen LogP contribution in [0.3, 0.4) is 0 Å². The molecule has 0 heterocycles. The minimum atomic E-state index is -0.789. The lowest BCUT2D eigenvalue weighted by Crippen LogP contribution is -2.46. The van der Waals surface area contributed by atoms with Crippen LogP contribution in [-0.4, -0.2) is 29.2 Å². The number of carbonyl (C=O) groups is 2. The van der Waals surface area contributed by atoms with Gasteiger partial charge in [0.05, 0.1) is 12.0 Å². The SMILES string of the molecule is C#CC(NC(=O)N[C@H]1CC[C@@H](C(=O)O)C1)C(C)C. The fourth-order valence-electron chi connectivity index (χ4n) is 2.11. The summed E-state index contributed by atoms with van der Waals surface area (Å²) in [5.74, 6) is 1.55. The Morgan fingerprint density at radius 3 is 2.50 bits per heavy atom. The van der Waals surface area contributed by atoms with Crippen molar-refractivity contribution in [3.63, 3.8) is 0 Å². The Morgan fingerprint density at radius 2 is 2.06 bits per heavy atom. The van der Waals surface area contributed by atoms with Crippen molar-refractivity contribution < 1.29 is 14.7 Å². The second kappa shape index (κ2) is 6.29. The van der Waals surface area contributed by atoms with E-state index in [0.29, 0.717) is 19.3 Å². The number of urea groups is 1. The van der Waals surface area contributed by atoms with E-state index in [-0.39, 0.29) is 30.0 Å². The monoisotopic (exact) mass is 252 g/mol. The summed E-state index contributed by atoms with van der Waals surface area (Å²) in [4.78, 5) is 22.5. The van der Waals surface area contributed by atoms with Gasteiger partial charge in [0, 0.05) is 6.04 Å². The summed E-state index contributed by atoms with van der Waals surface area (Å²) in [6.45, 7) is 3.86. The Hall–Kier alpha value is -1.70. The fraction of sp³-hybridized carbons (Fsp3) is 0.692. The van der Waals surface area contributed by atoms with Crippen LogP contribution in [0.25, 0.3) is 0 Å². The van der Waals surface area contributed by atoms with Gasteiger partial charge in [-0.1, -0.05) is 19.8 Å². The lowest BCUT2D eigenvalue weighted by Gasteiger charge is -2.19. The molecule has 1 saturated carbocycles. The molecule has 18 heavy (non-hydrogen) atoms.